The van der Waals surface area contributed by atoms with Crippen molar-refractivity contribution in [3.8, 4) is 0 Å². The van der Waals surface area contributed by atoms with Crippen LogP contribution in [0.5, 0.6) is 0 Å². The molecule has 2 aromatic rings. The third kappa shape index (κ3) is 4.77. The molecule has 0 bridgehead atoms. The third-order valence-electron chi connectivity index (χ3n) is 3.40. The molecule has 22 heavy (non-hydrogen) atoms. The number of nitrogens with one attached hydrogen (secondary N) is 1. The second kappa shape index (κ2) is 8.03. The largest absolute Gasteiger partial charge is 0.306 e. The number of benzene rings is 2. The second-order valence-electron chi connectivity index (χ2n) is 5.26. The van der Waals surface area contributed by atoms with E-state index in [1.165, 1.54) is 11.1 Å². The molecule has 0 aliphatic rings. The molecule has 0 amide bonds. The standard InChI is InChI=1S/C19H21N3/c1-15-7-3-5-9-17(15)11-21-13-19(20)14-22-12-18-10-6-4-8-16(18)2/h3-12,20H,13-14H2,1-2H3. The van der Waals surface area contributed by atoms with E-state index >= 15 is 0 Å². The van der Waals surface area contributed by atoms with Gasteiger partial charge in [-0.2, -0.15) is 0 Å². The number of hydrogen-bond acceptors (Lipinski definition) is 3. The maximum Gasteiger partial charge on any atom is 0.0784 e. The average Bonchev–Trinajstić information content (AvgIpc) is 2.51. The van der Waals surface area contributed by atoms with Crippen LogP contribution >= 0.6 is 0 Å². The Morgan fingerprint density at radius 1 is 0.818 bits per heavy atom. The van der Waals surface area contributed by atoms with E-state index in [0.717, 1.165) is 11.1 Å². The molecule has 0 unspecified atom stereocenters. The van der Waals surface area contributed by atoms with Gasteiger partial charge in [0.1, 0.15) is 0 Å². The van der Waals surface area contributed by atoms with Crippen molar-refractivity contribution in [2.24, 2.45) is 9.98 Å². The quantitative estimate of drug-likeness (QED) is 0.786. The highest BCUT2D eigenvalue weighted by atomic mass is 14.8. The molecule has 0 aliphatic carbocycles. The van der Waals surface area contributed by atoms with Crippen LogP contribution in [0.2, 0.25) is 0 Å². The van der Waals surface area contributed by atoms with E-state index in [1.54, 1.807) is 0 Å². The van der Waals surface area contributed by atoms with E-state index in [4.69, 9.17) is 5.41 Å². The minimum atomic E-state index is 0.388. The molecular weight excluding hydrogens is 270 g/mol. The van der Waals surface area contributed by atoms with Crippen LogP contribution < -0.4 is 0 Å². The summed E-state index contributed by atoms with van der Waals surface area (Å²) in [5, 5.41) is 7.90. The van der Waals surface area contributed by atoms with Crippen molar-refractivity contribution in [3.63, 3.8) is 0 Å². The molecule has 0 radical (unpaired) electrons. The van der Waals surface area contributed by atoms with Gasteiger partial charge in [0.15, 0.2) is 0 Å². The van der Waals surface area contributed by atoms with Gasteiger partial charge in [0.05, 0.1) is 18.8 Å². The van der Waals surface area contributed by atoms with Crippen LogP contribution in [0.3, 0.4) is 0 Å². The lowest BCUT2D eigenvalue weighted by atomic mass is 10.1. The van der Waals surface area contributed by atoms with Gasteiger partial charge >= 0.3 is 0 Å². The van der Waals surface area contributed by atoms with Crippen LogP contribution in [-0.4, -0.2) is 31.2 Å². The molecular formula is C19H21N3. The van der Waals surface area contributed by atoms with Crippen molar-refractivity contribution in [2.75, 3.05) is 13.1 Å². The number of hydrogen-bond donors (Lipinski definition) is 1. The van der Waals surface area contributed by atoms with E-state index in [9.17, 15) is 0 Å². The summed E-state index contributed by atoms with van der Waals surface area (Å²) in [5.74, 6) is 0. The molecule has 112 valence electrons. The smallest absolute Gasteiger partial charge is 0.0784 e. The van der Waals surface area contributed by atoms with Crippen LogP contribution in [0.1, 0.15) is 22.3 Å². The summed E-state index contributed by atoms with van der Waals surface area (Å²) in [6.45, 7) is 4.89. The van der Waals surface area contributed by atoms with E-state index in [0.29, 0.717) is 18.8 Å². The lowest BCUT2D eigenvalue weighted by molar-refractivity contribution is 1.17. The van der Waals surface area contributed by atoms with E-state index in [-0.39, 0.29) is 0 Å². The molecule has 0 heterocycles. The van der Waals surface area contributed by atoms with Crippen LogP contribution in [-0.2, 0) is 0 Å². The summed E-state index contributed by atoms with van der Waals surface area (Å²) in [6.07, 6.45) is 3.66. The fourth-order valence-electron chi connectivity index (χ4n) is 2.02. The molecule has 3 nitrogen and oxygen atoms in total. The highest BCUT2D eigenvalue weighted by Crippen LogP contribution is 2.04. The molecule has 0 aliphatic heterocycles. The topological polar surface area (TPSA) is 48.6 Å². The van der Waals surface area contributed by atoms with Crippen LogP contribution in [0, 0.1) is 19.3 Å². The van der Waals surface area contributed by atoms with Gasteiger partial charge in [-0.1, -0.05) is 48.5 Å². The summed E-state index contributed by atoms with van der Waals surface area (Å²) in [5.41, 5.74) is 5.08. The fraction of sp³-hybridized carbons (Fsp3) is 0.211. The van der Waals surface area contributed by atoms with Gasteiger partial charge in [-0.25, -0.2) is 0 Å². The van der Waals surface area contributed by atoms with Gasteiger partial charge in [0, 0.05) is 12.4 Å². The first-order chi connectivity index (χ1) is 10.7. The summed E-state index contributed by atoms with van der Waals surface area (Å²) >= 11 is 0. The molecule has 2 aromatic carbocycles. The summed E-state index contributed by atoms with van der Waals surface area (Å²) in [7, 11) is 0. The number of aryl methyl sites for hydroxylation is 2. The van der Waals surface area contributed by atoms with Gasteiger partial charge in [0.2, 0.25) is 0 Å². The molecule has 3 heteroatoms. The van der Waals surface area contributed by atoms with Crippen LogP contribution in [0.4, 0.5) is 0 Å². The average molecular weight is 291 g/mol. The number of nitrogens with zero attached hydrogens (tertiary/aromatic N) is 2. The van der Waals surface area contributed by atoms with Crippen molar-refractivity contribution in [1.82, 2.24) is 0 Å². The Bertz CT molecular complexity index is 640. The highest BCUT2D eigenvalue weighted by molar-refractivity contribution is 5.91. The summed E-state index contributed by atoms with van der Waals surface area (Å²) in [4.78, 5) is 8.64. The summed E-state index contributed by atoms with van der Waals surface area (Å²) < 4.78 is 0. The van der Waals surface area contributed by atoms with Crippen LogP contribution in [0.15, 0.2) is 58.5 Å². The normalized spacial score (nSPS) is 11.4. The van der Waals surface area contributed by atoms with Crippen LogP contribution in [0.25, 0.3) is 0 Å². The maximum absolute atomic E-state index is 7.90. The third-order valence-corrected chi connectivity index (χ3v) is 3.40. The zero-order valence-corrected chi connectivity index (χ0v) is 13.1. The lowest BCUT2D eigenvalue weighted by Crippen LogP contribution is -2.06. The predicted molar refractivity (Wildman–Crippen MR) is 95.0 cm³/mol. The molecule has 0 saturated heterocycles. The first kappa shape index (κ1) is 15.8. The van der Waals surface area contributed by atoms with Crippen molar-refractivity contribution in [1.29, 1.82) is 5.41 Å². The Balaban J connectivity index is 1.84. The van der Waals surface area contributed by atoms with Gasteiger partial charge in [0.25, 0.3) is 0 Å². The van der Waals surface area contributed by atoms with Crippen molar-refractivity contribution in [2.45, 2.75) is 13.8 Å². The Labute approximate surface area is 132 Å². The molecule has 0 atom stereocenters. The Hall–Kier alpha value is -2.55. The monoisotopic (exact) mass is 291 g/mol. The van der Waals surface area contributed by atoms with Crippen molar-refractivity contribution < 1.29 is 0 Å². The van der Waals surface area contributed by atoms with E-state index in [2.05, 4.69) is 36.0 Å². The van der Waals surface area contributed by atoms with E-state index < -0.39 is 0 Å². The highest BCUT2D eigenvalue weighted by Gasteiger charge is 1.96. The Morgan fingerprint density at radius 2 is 1.23 bits per heavy atom. The van der Waals surface area contributed by atoms with Gasteiger partial charge in [-0.05, 0) is 36.1 Å². The molecule has 0 aromatic heterocycles. The molecule has 2 rings (SSSR count). The lowest BCUT2D eigenvalue weighted by Gasteiger charge is -2.00. The Kier molecular flexibility index (Phi) is 5.78. The van der Waals surface area contributed by atoms with E-state index in [1.807, 2.05) is 48.8 Å². The second-order valence-corrected chi connectivity index (χ2v) is 5.26. The minimum Gasteiger partial charge on any atom is -0.306 e. The molecule has 0 spiro atoms. The molecule has 0 saturated carbocycles. The van der Waals surface area contributed by atoms with Gasteiger partial charge in [-0.3, -0.25) is 9.98 Å². The summed E-state index contributed by atoms with van der Waals surface area (Å²) in [6, 6.07) is 16.2. The fourth-order valence-corrected chi connectivity index (χ4v) is 2.02. The number of rotatable bonds is 6. The first-order valence-corrected chi connectivity index (χ1v) is 7.34. The maximum atomic E-state index is 7.90. The zero-order chi connectivity index (χ0) is 15.8. The SMILES string of the molecule is Cc1ccccc1C=NCC(=N)CN=Cc1ccccc1C. The molecule has 1 N–H and O–H groups in total. The van der Waals surface area contributed by atoms with Crippen molar-refractivity contribution >= 4 is 18.1 Å². The number of aliphatic imine (C=N–C) groups is 2. The first-order valence-electron chi connectivity index (χ1n) is 7.34. The van der Waals surface area contributed by atoms with Gasteiger partial charge in [-0.15, -0.1) is 0 Å². The van der Waals surface area contributed by atoms with Crippen molar-refractivity contribution in [3.05, 3.63) is 70.8 Å². The Morgan fingerprint density at radius 3 is 1.64 bits per heavy atom. The minimum absolute atomic E-state index is 0.388. The molecule has 0 fully saturated rings. The zero-order valence-electron chi connectivity index (χ0n) is 13.1. The van der Waals surface area contributed by atoms with Gasteiger partial charge < -0.3 is 5.41 Å². The predicted octanol–water partition coefficient (Wildman–Crippen LogP) is 3.86.